The summed E-state index contributed by atoms with van der Waals surface area (Å²) in [4.78, 5) is 2.72. The number of nitrogens with zero attached hydrogens (tertiary/aromatic N) is 3. The van der Waals surface area contributed by atoms with E-state index in [1.54, 1.807) is 0 Å². The third kappa shape index (κ3) is 2.25. The summed E-state index contributed by atoms with van der Waals surface area (Å²) in [7, 11) is 0. The van der Waals surface area contributed by atoms with Gasteiger partial charge in [-0.1, -0.05) is 28.9 Å². The van der Waals surface area contributed by atoms with Gasteiger partial charge in [0.1, 0.15) is 0 Å². The van der Waals surface area contributed by atoms with Gasteiger partial charge in [0, 0.05) is 4.91 Å². The van der Waals surface area contributed by atoms with Crippen LogP contribution in [0.3, 0.4) is 0 Å². The zero-order valence-electron chi connectivity index (χ0n) is 8.31. The number of aliphatic hydroxyl groups is 1. The van der Waals surface area contributed by atoms with Gasteiger partial charge in [-0.2, -0.15) is 0 Å². The molecule has 1 aromatic rings. The van der Waals surface area contributed by atoms with Crippen LogP contribution >= 0.6 is 0 Å². The maximum Gasteiger partial charge on any atom is 0.0859 e. The average Bonchev–Trinajstić information content (AvgIpc) is 2.18. The summed E-state index contributed by atoms with van der Waals surface area (Å²) in [6, 6.07) is 5.41. The van der Waals surface area contributed by atoms with Gasteiger partial charge < -0.3 is 5.11 Å². The molecule has 0 aliphatic rings. The fourth-order valence-electron chi connectivity index (χ4n) is 1.38. The van der Waals surface area contributed by atoms with Gasteiger partial charge in [-0.05, 0) is 30.5 Å². The van der Waals surface area contributed by atoms with Gasteiger partial charge in [0.05, 0.1) is 12.6 Å². The number of aryl methyl sites for hydroxylation is 2. The van der Waals surface area contributed by atoms with Crippen LogP contribution in [-0.2, 0) is 0 Å². The van der Waals surface area contributed by atoms with Crippen molar-refractivity contribution in [2.24, 2.45) is 5.11 Å². The molecule has 0 saturated heterocycles. The molecule has 0 bridgehead atoms. The van der Waals surface area contributed by atoms with E-state index in [1.165, 1.54) is 0 Å². The predicted molar refractivity (Wildman–Crippen MR) is 54.9 cm³/mol. The SMILES string of the molecule is Cc1ccc(C)c(C(CO)N=[N+]=[N-])c1. The first-order chi connectivity index (χ1) is 6.69. The molecule has 1 rings (SSSR count). The molecule has 1 aromatic carbocycles. The van der Waals surface area contributed by atoms with Crippen molar-refractivity contribution in [2.45, 2.75) is 19.9 Å². The number of rotatable bonds is 3. The molecule has 0 heterocycles. The molecule has 0 aliphatic carbocycles. The third-order valence-electron chi connectivity index (χ3n) is 2.16. The summed E-state index contributed by atoms with van der Waals surface area (Å²) >= 11 is 0. The normalized spacial score (nSPS) is 11.9. The molecule has 0 radical (unpaired) electrons. The van der Waals surface area contributed by atoms with Gasteiger partial charge in [-0.3, -0.25) is 0 Å². The first-order valence-corrected chi connectivity index (χ1v) is 4.41. The van der Waals surface area contributed by atoms with Crippen molar-refractivity contribution in [3.05, 3.63) is 45.3 Å². The van der Waals surface area contributed by atoms with Crippen LogP contribution in [0.2, 0.25) is 0 Å². The van der Waals surface area contributed by atoms with E-state index in [0.717, 1.165) is 16.7 Å². The molecule has 0 aromatic heterocycles. The van der Waals surface area contributed by atoms with Crippen LogP contribution in [0.25, 0.3) is 10.4 Å². The van der Waals surface area contributed by atoms with E-state index >= 15 is 0 Å². The molecule has 1 atom stereocenters. The van der Waals surface area contributed by atoms with Crippen LogP contribution in [0, 0.1) is 13.8 Å². The molecule has 1 unspecified atom stereocenters. The fourth-order valence-corrected chi connectivity index (χ4v) is 1.38. The monoisotopic (exact) mass is 191 g/mol. The average molecular weight is 191 g/mol. The first-order valence-electron chi connectivity index (χ1n) is 4.41. The highest BCUT2D eigenvalue weighted by atomic mass is 16.3. The van der Waals surface area contributed by atoms with Crippen molar-refractivity contribution in [3.63, 3.8) is 0 Å². The highest BCUT2D eigenvalue weighted by Gasteiger charge is 2.10. The van der Waals surface area contributed by atoms with Crippen molar-refractivity contribution in [3.8, 4) is 0 Å². The van der Waals surface area contributed by atoms with E-state index in [0.29, 0.717) is 0 Å². The number of hydrogen-bond acceptors (Lipinski definition) is 2. The molecule has 74 valence electrons. The van der Waals surface area contributed by atoms with E-state index in [2.05, 4.69) is 10.0 Å². The van der Waals surface area contributed by atoms with Crippen LogP contribution in [0.1, 0.15) is 22.7 Å². The summed E-state index contributed by atoms with van der Waals surface area (Å²) in [5.74, 6) is 0. The summed E-state index contributed by atoms with van der Waals surface area (Å²) in [6.45, 7) is 3.74. The third-order valence-corrected chi connectivity index (χ3v) is 2.16. The lowest BCUT2D eigenvalue weighted by Gasteiger charge is -2.12. The second kappa shape index (κ2) is 4.65. The van der Waals surface area contributed by atoms with Gasteiger partial charge >= 0.3 is 0 Å². The Morgan fingerprint density at radius 2 is 2.21 bits per heavy atom. The molecule has 4 heteroatoms. The molecule has 0 amide bonds. The van der Waals surface area contributed by atoms with Crippen molar-refractivity contribution in [1.29, 1.82) is 0 Å². The highest BCUT2D eigenvalue weighted by molar-refractivity contribution is 5.33. The van der Waals surface area contributed by atoms with Crippen molar-refractivity contribution in [2.75, 3.05) is 6.61 Å². The van der Waals surface area contributed by atoms with Crippen LogP contribution in [0.5, 0.6) is 0 Å². The Labute approximate surface area is 82.8 Å². The minimum Gasteiger partial charge on any atom is -0.396 e. The Kier molecular flexibility index (Phi) is 3.51. The number of benzene rings is 1. The van der Waals surface area contributed by atoms with Crippen molar-refractivity contribution >= 4 is 0 Å². The van der Waals surface area contributed by atoms with E-state index in [4.69, 9.17) is 10.6 Å². The Morgan fingerprint density at radius 1 is 1.50 bits per heavy atom. The molecule has 1 N–H and O–H groups in total. The molecule has 0 spiro atoms. The van der Waals surface area contributed by atoms with E-state index in [1.807, 2.05) is 32.0 Å². The summed E-state index contributed by atoms with van der Waals surface area (Å²) < 4.78 is 0. The number of azide groups is 1. The second-order valence-corrected chi connectivity index (χ2v) is 3.26. The summed E-state index contributed by atoms with van der Waals surface area (Å²) in [5, 5.41) is 12.6. The second-order valence-electron chi connectivity index (χ2n) is 3.26. The smallest absolute Gasteiger partial charge is 0.0859 e. The lowest BCUT2D eigenvalue weighted by atomic mass is 10.00. The summed E-state index contributed by atoms with van der Waals surface area (Å²) in [6.07, 6.45) is 0. The van der Waals surface area contributed by atoms with Crippen molar-refractivity contribution in [1.82, 2.24) is 0 Å². The van der Waals surface area contributed by atoms with Gasteiger partial charge in [0.25, 0.3) is 0 Å². The van der Waals surface area contributed by atoms with E-state index in [-0.39, 0.29) is 6.61 Å². The highest BCUT2D eigenvalue weighted by Crippen LogP contribution is 2.22. The molecule has 0 aliphatic heterocycles. The van der Waals surface area contributed by atoms with Crippen molar-refractivity contribution < 1.29 is 5.11 Å². The van der Waals surface area contributed by atoms with Crippen LogP contribution in [-0.4, -0.2) is 11.7 Å². The summed E-state index contributed by atoms with van der Waals surface area (Å²) in [5.41, 5.74) is 11.4. The number of hydrogen-bond donors (Lipinski definition) is 1. The molecule has 0 fully saturated rings. The first kappa shape index (κ1) is 10.6. The zero-order valence-corrected chi connectivity index (χ0v) is 8.31. The van der Waals surface area contributed by atoms with Gasteiger partial charge in [-0.15, -0.1) is 0 Å². The van der Waals surface area contributed by atoms with Gasteiger partial charge in [-0.25, -0.2) is 0 Å². The lowest BCUT2D eigenvalue weighted by Crippen LogP contribution is -2.02. The maximum absolute atomic E-state index is 9.06. The van der Waals surface area contributed by atoms with Crippen LogP contribution < -0.4 is 0 Å². The van der Waals surface area contributed by atoms with Gasteiger partial charge in [0.2, 0.25) is 0 Å². The topological polar surface area (TPSA) is 69.0 Å². The Hall–Kier alpha value is -1.51. The quantitative estimate of drug-likeness (QED) is 0.445. The lowest BCUT2D eigenvalue weighted by molar-refractivity contribution is 0.267. The standard InChI is InChI=1S/C10H13N3O/c1-7-3-4-8(2)9(5-7)10(6-14)12-13-11/h3-5,10,14H,6H2,1-2H3. The zero-order chi connectivity index (χ0) is 10.6. The minimum atomic E-state index is -0.472. The number of aliphatic hydroxyl groups excluding tert-OH is 1. The maximum atomic E-state index is 9.06. The Balaban J connectivity index is 3.14. The van der Waals surface area contributed by atoms with E-state index in [9.17, 15) is 0 Å². The van der Waals surface area contributed by atoms with E-state index < -0.39 is 6.04 Å². The Bertz CT molecular complexity index is 370. The molecule has 4 nitrogen and oxygen atoms in total. The molecule has 14 heavy (non-hydrogen) atoms. The Morgan fingerprint density at radius 3 is 2.79 bits per heavy atom. The van der Waals surface area contributed by atoms with Gasteiger partial charge in [0.15, 0.2) is 0 Å². The fraction of sp³-hybridized carbons (Fsp3) is 0.400. The molecule has 0 saturated carbocycles. The van der Waals surface area contributed by atoms with Crippen LogP contribution in [0.4, 0.5) is 0 Å². The van der Waals surface area contributed by atoms with Crippen LogP contribution in [0.15, 0.2) is 23.3 Å². The predicted octanol–water partition coefficient (Wildman–Crippen LogP) is 2.65. The minimum absolute atomic E-state index is 0.158. The molecular weight excluding hydrogens is 178 g/mol. The largest absolute Gasteiger partial charge is 0.396 e. The molecular formula is C10H13N3O.